The lowest BCUT2D eigenvalue weighted by Gasteiger charge is -2.42. The predicted octanol–water partition coefficient (Wildman–Crippen LogP) is 8.84. The third-order valence-corrected chi connectivity index (χ3v) is 12.7. The highest BCUT2D eigenvalue weighted by atomic mass is 31.1. The topological polar surface area (TPSA) is 9.23 Å². The monoisotopic (exact) mass is 566 g/mol. The zero-order chi connectivity index (χ0) is 29.0. The molecule has 2 atom stereocenters. The molecule has 1 heterocycles. The second-order valence-corrected chi connectivity index (χ2v) is 18.0. The molecule has 1 aliphatic heterocycles. The molecule has 0 aromatic heterocycles. The van der Waals surface area contributed by atoms with Gasteiger partial charge in [-0.2, -0.15) is 0 Å². The Hall–Kier alpha value is -2.46. The number of rotatable bonds is 4. The number of ether oxygens (including phenoxy) is 1. The molecule has 0 saturated carbocycles. The van der Waals surface area contributed by atoms with E-state index in [2.05, 4.69) is 154 Å². The van der Waals surface area contributed by atoms with Crippen LogP contribution in [0.1, 0.15) is 77.6 Å². The SMILES string of the molecule is CP(c1ccccc1)c1cc(C(C)(C)C)cc2c1Oc1c(P(C)c3ccccc3)ccc(C(C)(C)C)c1C2(C)C. The van der Waals surface area contributed by atoms with Crippen molar-refractivity contribution in [1.82, 2.24) is 0 Å². The van der Waals surface area contributed by atoms with Gasteiger partial charge < -0.3 is 4.74 Å². The average Bonchev–Trinajstić information content (AvgIpc) is 2.91. The van der Waals surface area contributed by atoms with Crippen LogP contribution < -0.4 is 26.0 Å². The highest BCUT2D eigenvalue weighted by Crippen LogP contribution is 2.54. The van der Waals surface area contributed by atoms with E-state index in [9.17, 15) is 0 Å². The van der Waals surface area contributed by atoms with Crippen LogP contribution in [0.15, 0.2) is 84.9 Å². The lowest BCUT2D eigenvalue weighted by molar-refractivity contribution is 0.413. The largest absolute Gasteiger partial charge is 0.455 e. The zero-order valence-corrected chi connectivity index (χ0v) is 27.7. The van der Waals surface area contributed by atoms with Crippen LogP contribution in [0.2, 0.25) is 0 Å². The van der Waals surface area contributed by atoms with Gasteiger partial charge in [-0.3, -0.25) is 0 Å². The van der Waals surface area contributed by atoms with Gasteiger partial charge in [-0.25, -0.2) is 0 Å². The Balaban J connectivity index is 1.82. The third-order valence-electron chi connectivity index (χ3n) is 8.39. The first-order valence-corrected chi connectivity index (χ1v) is 17.9. The molecular formula is C37H44OP2. The Kier molecular flexibility index (Phi) is 7.57. The smallest absolute Gasteiger partial charge is 0.139 e. The van der Waals surface area contributed by atoms with Crippen LogP contribution in [0.3, 0.4) is 0 Å². The summed E-state index contributed by atoms with van der Waals surface area (Å²) in [5, 5.41) is 5.42. The fourth-order valence-electron chi connectivity index (χ4n) is 5.87. The van der Waals surface area contributed by atoms with Crippen LogP contribution in [0, 0.1) is 0 Å². The minimum Gasteiger partial charge on any atom is -0.455 e. The van der Waals surface area contributed by atoms with E-state index < -0.39 is 15.8 Å². The maximum Gasteiger partial charge on any atom is 0.139 e. The third kappa shape index (κ3) is 5.17. The second kappa shape index (κ2) is 10.4. The molecule has 0 radical (unpaired) electrons. The van der Waals surface area contributed by atoms with E-state index in [0.29, 0.717) is 0 Å². The second-order valence-electron chi connectivity index (χ2n) is 13.7. The minimum absolute atomic E-state index is 0.00410. The summed E-state index contributed by atoms with van der Waals surface area (Å²) < 4.78 is 7.30. The summed E-state index contributed by atoms with van der Waals surface area (Å²) in [6.45, 7) is 23.6. The first kappa shape index (κ1) is 29.0. The Labute approximate surface area is 244 Å². The van der Waals surface area contributed by atoms with Gasteiger partial charge >= 0.3 is 0 Å². The van der Waals surface area contributed by atoms with E-state index in [4.69, 9.17) is 4.74 Å². The molecule has 3 heteroatoms. The van der Waals surface area contributed by atoms with Gasteiger partial charge in [0.05, 0.1) is 0 Å². The minimum atomic E-state index is -0.598. The van der Waals surface area contributed by atoms with Crippen LogP contribution in [0.25, 0.3) is 0 Å². The van der Waals surface area contributed by atoms with E-state index in [1.807, 2.05) is 0 Å². The fourth-order valence-corrected chi connectivity index (χ4v) is 9.23. The summed E-state index contributed by atoms with van der Waals surface area (Å²) >= 11 is 0. The standard InChI is InChI=1S/C37H44OP2/c1-35(2,3)25-23-29-33(31(24-25)40(10)27-19-15-12-16-20-27)38-34-30(39(9)26-17-13-11-14-18-26)22-21-28(36(4,5)6)32(34)37(29,7)8/h11-24H,1-10H3. The molecule has 0 N–H and O–H groups in total. The van der Waals surface area contributed by atoms with Crippen molar-refractivity contribution < 1.29 is 4.74 Å². The van der Waals surface area contributed by atoms with Gasteiger partial charge in [0.2, 0.25) is 0 Å². The van der Waals surface area contributed by atoms with Crippen molar-refractivity contribution in [3.8, 4) is 11.5 Å². The van der Waals surface area contributed by atoms with E-state index >= 15 is 0 Å². The van der Waals surface area contributed by atoms with Crippen molar-refractivity contribution in [1.29, 1.82) is 0 Å². The molecule has 4 aromatic carbocycles. The predicted molar refractivity (Wildman–Crippen MR) is 180 cm³/mol. The maximum absolute atomic E-state index is 7.30. The van der Waals surface area contributed by atoms with Gasteiger partial charge in [-0.15, -0.1) is 0 Å². The van der Waals surface area contributed by atoms with Crippen molar-refractivity contribution >= 4 is 37.1 Å². The quantitative estimate of drug-likeness (QED) is 0.224. The summed E-state index contributed by atoms with van der Waals surface area (Å²) in [7, 11) is -1.18. The Morgan fingerprint density at radius 2 is 1.12 bits per heavy atom. The lowest BCUT2D eigenvalue weighted by Crippen LogP contribution is -2.35. The average molecular weight is 567 g/mol. The Bertz CT molecular complexity index is 1520. The molecule has 0 bridgehead atoms. The molecule has 0 aliphatic carbocycles. The molecule has 4 aromatic rings. The van der Waals surface area contributed by atoms with E-state index in [1.165, 1.54) is 43.5 Å². The highest BCUT2D eigenvalue weighted by molar-refractivity contribution is 7.72. The normalized spacial score (nSPS) is 15.9. The van der Waals surface area contributed by atoms with Crippen molar-refractivity contribution in [2.24, 2.45) is 0 Å². The molecule has 40 heavy (non-hydrogen) atoms. The molecule has 5 rings (SSSR count). The molecule has 1 aliphatic rings. The van der Waals surface area contributed by atoms with Gasteiger partial charge in [0, 0.05) is 27.2 Å². The number of fused-ring (bicyclic) bond motifs is 2. The van der Waals surface area contributed by atoms with Crippen LogP contribution in [0.5, 0.6) is 11.5 Å². The molecule has 2 unspecified atom stereocenters. The maximum atomic E-state index is 7.30. The molecule has 0 saturated heterocycles. The summed E-state index contributed by atoms with van der Waals surface area (Å²) in [5.74, 6) is 2.16. The van der Waals surface area contributed by atoms with Crippen molar-refractivity contribution in [2.75, 3.05) is 13.3 Å². The van der Waals surface area contributed by atoms with Crippen molar-refractivity contribution in [2.45, 2.75) is 71.6 Å². The molecule has 0 spiro atoms. The first-order chi connectivity index (χ1) is 18.7. The number of benzene rings is 4. The molecule has 208 valence electrons. The molecule has 0 fully saturated rings. The van der Waals surface area contributed by atoms with Crippen LogP contribution in [-0.2, 0) is 16.2 Å². The number of hydrogen-bond donors (Lipinski definition) is 0. The van der Waals surface area contributed by atoms with Gasteiger partial charge in [0.25, 0.3) is 0 Å². The summed E-state index contributed by atoms with van der Waals surface area (Å²) in [6, 6.07) is 31.5. The first-order valence-electron chi connectivity index (χ1n) is 14.3. The Morgan fingerprint density at radius 1 is 0.600 bits per heavy atom. The zero-order valence-electron chi connectivity index (χ0n) is 25.9. The summed E-state index contributed by atoms with van der Waals surface area (Å²) in [4.78, 5) is 0. The van der Waals surface area contributed by atoms with Crippen LogP contribution in [0.4, 0.5) is 0 Å². The molecular weight excluding hydrogens is 522 g/mol. The van der Waals surface area contributed by atoms with E-state index in [1.54, 1.807) is 0 Å². The summed E-state index contributed by atoms with van der Waals surface area (Å²) in [5.41, 5.74) is 5.24. The fraction of sp³-hybridized carbons (Fsp3) is 0.351. The number of hydrogen-bond acceptors (Lipinski definition) is 1. The highest BCUT2D eigenvalue weighted by Gasteiger charge is 2.42. The van der Waals surface area contributed by atoms with Gasteiger partial charge in [-0.1, -0.05) is 134 Å². The van der Waals surface area contributed by atoms with E-state index in [-0.39, 0.29) is 16.2 Å². The van der Waals surface area contributed by atoms with Gasteiger partial charge in [0.15, 0.2) is 0 Å². The molecule has 1 nitrogen and oxygen atoms in total. The Morgan fingerprint density at radius 3 is 1.62 bits per heavy atom. The van der Waals surface area contributed by atoms with Crippen molar-refractivity contribution in [3.05, 3.63) is 107 Å². The molecule has 0 amide bonds. The van der Waals surface area contributed by atoms with Crippen LogP contribution >= 0.6 is 15.8 Å². The van der Waals surface area contributed by atoms with Crippen LogP contribution in [-0.4, -0.2) is 13.3 Å². The summed E-state index contributed by atoms with van der Waals surface area (Å²) in [6.07, 6.45) is 0. The van der Waals surface area contributed by atoms with E-state index in [0.717, 1.165) is 11.5 Å². The van der Waals surface area contributed by atoms with Crippen molar-refractivity contribution in [3.63, 3.8) is 0 Å². The lowest BCUT2D eigenvalue weighted by atomic mass is 9.68. The van der Waals surface area contributed by atoms with Gasteiger partial charge in [-0.05, 0) is 67.8 Å². The van der Waals surface area contributed by atoms with Gasteiger partial charge in [0.1, 0.15) is 11.5 Å².